The number of unbranched alkanes of at least 4 members (excludes halogenated alkanes) is 1. The molecule has 0 aliphatic heterocycles. The Bertz CT molecular complexity index is 128. The minimum absolute atomic E-state index is 0.957. The van der Waals surface area contributed by atoms with E-state index in [1.807, 2.05) is 0 Å². The van der Waals surface area contributed by atoms with Gasteiger partial charge in [-0.2, -0.15) is 0 Å². The zero-order valence-corrected chi connectivity index (χ0v) is 12.2. The Balaban J connectivity index is 3.57. The lowest BCUT2D eigenvalue weighted by atomic mass is 9.89. The van der Waals surface area contributed by atoms with E-state index in [-0.39, 0.29) is 0 Å². The molecule has 0 spiro atoms. The zero-order chi connectivity index (χ0) is 12.2. The van der Waals surface area contributed by atoms with Crippen molar-refractivity contribution < 1.29 is 0 Å². The molecule has 0 heteroatoms. The van der Waals surface area contributed by atoms with Crippen molar-refractivity contribution >= 4 is 0 Å². The summed E-state index contributed by atoms with van der Waals surface area (Å²) in [4.78, 5) is 0. The number of rotatable bonds is 11. The summed E-state index contributed by atoms with van der Waals surface area (Å²) < 4.78 is 0. The Kier molecular flexibility index (Phi) is 11.5. The van der Waals surface area contributed by atoms with Crippen LogP contribution in [0.1, 0.15) is 91.9 Å². The highest BCUT2D eigenvalue weighted by Crippen LogP contribution is 2.23. The van der Waals surface area contributed by atoms with E-state index in [2.05, 4.69) is 27.7 Å². The van der Waals surface area contributed by atoms with Gasteiger partial charge >= 0.3 is 0 Å². The second-order valence-electron chi connectivity index (χ2n) is 5.62. The number of hydrogen-bond acceptors (Lipinski definition) is 0. The Morgan fingerprint density at radius 1 is 0.625 bits per heavy atom. The molecule has 0 nitrogen and oxygen atoms in total. The Labute approximate surface area is 104 Å². The topological polar surface area (TPSA) is 0 Å². The summed E-state index contributed by atoms with van der Waals surface area (Å²) in [5.74, 6) is 1.98. The quantitative estimate of drug-likeness (QED) is 0.393. The van der Waals surface area contributed by atoms with E-state index in [1.54, 1.807) is 0 Å². The van der Waals surface area contributed by atoms with Crippen molar-refractivity contribution in [2.24, 2.45) is 11.8 Å². The van der Waals surface area contributed by atoms with Gasteiger partial charge in [0.1, 0.15) is 0 Å². The third-order valence-corrected chi connectivity index (χ3v) is 3.75. The van der Waals surface area contributed by atoms with Crippen molar-refractivity contribution in [2.75, 3.05) is 0 Å². The third-order valence-electron chi connectivity index (χ3n) is 3.75. The van der Waals surface area contributed by atoms with Crippen LogP contribution >= 0.6 is 0 Å². The minimum atomic E-state index is 0.957. The van der Waals surface area contributed by atoms with Crippen LogP contribution in [0.2, 0.25) is 0 Å². The van der Waals surface area contributed by atoms with E-state index in [0.29, 0.717) is 0 Å². The molecule has 0 saturated heterocycles. The van der Waals surface area contributed by atoms with Gasteiger partial charge in [0.2, 0.25) is 0 Å². The van der Waals surface area contributed by atoms with Crippen molar-refractivity contribution in [3.05, 3.63) is 0 Å². The summed E-state index contributed by atoms with van der Waals surface area (Å²) >= 11 is 0. The fourth-order valence-corrected chi connectivity index (χ4v) is 2.73. The third kappa shape index (κ3) is 9.24. The first-order valence-corrected chi connectivity index (χ1v) is 7.74. The van der Waals surface area contributed by atoms with E-state index in [1.165, 1.54) is 64.2 Å². The SMILES string of the molecule is CCCCC(CCC)CCCC(C)CCC. The van der Waals surface area contributed by atoms with Gasteiger partial charge in [0.25, 0.3) is 0 Å². The molecule has 0 aromatic rings. The van der Waals surface area contributed by atoms with Crippen LogP contribution in [-0.2, 0) is 0 Å². The molecular formula is C16H34. The summed E-state index contributed by atoms with van der Waals surface area (Å²) in [5.41, 5.74) is 0. The van der Waals surface area contributed by atoms with Crippen LogP contribution in [0.25, 0.3) is 0 Å². The van der Waals surface area contributed by atoms with Gasteiger partial charge in [-0.05, 0) is 11.8 Å². The first-order chi connectivity index (χ1) is 7.74. The monoisotopic (exact) mass is 226 g/mol. The molecule has 0 aromatic heterocycles. The van der Waals surface area contributed by atoms with Gasteiger partial charge in [-0.15, -0.1) is 0 Å². The van der Waals surface area contributed by atoms with Crippen LogP contribution in [-0.4, -0.2) is 0 Å². The van der Waals surface area contributed by atoms with E-state index in [4.69, 9.17) is 0 Å². The average Bonchev–Trinajstić information content (AvgIpc) is 2.26. The predicted octanol–water partition coefficient (Wildman–Crippen LogP) is 6.20. The van der Waals surface area contributed by atoms with Crippen LogP contribution in [0.5, 0.6) is 0 Å². The van der Waals surface area contributed by atoms with E-state index in [9.17, 15) is 0 Å². The van der Waals surface area contributed by atoms with E-state index in [0.717, 1.165) is 11.8 Å². The molecular weight excluding hydrogens is 192 g/mol. The summed E-state index contributed by atoms with van der Waals surface area (Å²) in [5, 5.41) is 0. The Morgan fingerprint density at radius 2 is 1.25 bits per heavy atom. The van der Waals surface area contributed by atoms with Gasteiger partial charge in [0, 0.05) is 0 Å². The Morgan fingerprint density at radius 3 is 1.81 bits per heavy atom. The van der Waals surface area contributed by atoms with Gasteiger partial charge in [0.15, 0.2) is 0 Å². The maximum absolute atomic E-state index is 2.42. The second kappa shape index (κ2) is 11.5. The van der Waals surface area contributed by atoms with Crippen molar-refractivity contribution in [1.82, 2.24) is 0 Å². The standard InChI is InChI=1S/C16H34/c1-5-8-13-16(11-7-3)14-9-12-15(4)10-6-2/h15-16H,5-14H2,1-4H3. The maximum Gasteiger partial charge on any atom is -0.0414 e. The van der Waals surface area contributed by atoms with Gasteiger partial charge in [0.05, 0.1) is 0 Å². The predicted molar refractivity (Wildman–Crippen MR) is 75.8 cm³/mol. The number of hydrogen-bond donors (Lipinski definition) is 0. The molecule has 0 radical (unpaired) electrons. The molecule has 0 amide bonds. The first-order valence-electron chi connectivity index (χ1n) is 7.74. The normalized spacial score (nSPS) is 15.0. The fraction of sp³-hybridized carbons (Fsp3) is 1.00. The lowest BCUT2D eigenvalue weighted by molar-refractivity contribution is 0.363. The maximum atomic E-state index is 2.42. The highest BCUT2D eigenvalue weighted by molar-refractivity contribution is 4.61. The molecule has 2 unspecified atom stereocenters. The second-order valence-corrected chi connectivity index (χ2v) is 5.62. The molecule has 2 atom stereocenters. The highest BCUT2D eigenvalue weighted by atomic mass is 14.1. The molecule has 0 saturated carbocycles. The van der Waals surface area contributed by atoms with Crippen LogP contribution in [0.4, 0.5) is 0 Å². The molecule has 0 N–H and O–H groups in total. The zero-order valence-electron chi connectivity index (χ0n) is 12.2. The average molecular weight is 226 g/mol. The van der Waals surface area contributed by atoms with E-state index < -0.39 is 0 Å². The molecule has 0 aromatic carbocycles. The van der Waals surface area contributed by atoms with Crippen LogP contribution in [0.3, 0.4) is 0 Å². The molecule has 0 rings (SSSR count). The van der Waals surface area contributed by atoms with Crippen molar-refractivity contribution in [2.45, 2.75) is 91.9 Å². The lowest BCUT2D eigenvalue weighted by Crippen LogP contribution is -2.02. The van der Waals surface area contributed by atoms with Gasteiger partial charge in [-0.25, -0.2) is 0 Å². The first kappa shape index (κ1) is 16.0. The van der Waals surface area contributed by atoms with Crippen LogP contribution in [0, 0.1) is 11.8 Å². The van der Waals surface area contributed by atoms with Gasteiger partial charge in [-0.1, -0.05) is 91.9 Å². The highest BCUT2D eigenvalue weighted by Gasteiger charge is 2.08. The molecule has 0 fully saturated rings. The molecule has 0 heterocycles. The summed E-state index contributed by atoms with van der Waals surface area (Å²) in [7, 11) is 0. The molecule has 0 aliphatic rings. The summed E-state index contributed by atoms with van der Waals surface area (Å²) in [6, 6.07) is 0. The van der Waals surface area contributed by atoms with Gasteiger partial charge in [-0.3, -0.25) is 0 Å². The largest absolute Gasteiger partial charge is 0.0654 e. The van der Waals surface area contributed by atoms with Crippen molar-refractivity contribution in [3.8, 4) is 0 Å². The molecule has 0 bridgehead atoms. The molecule has 98 valence electrons. The van der Waals surface area contributed by atoms with Crippen LogP contribution < -0.4 is 0 Å². The van der Waals surface area contributed by atoms with Crippen molar-refractivity contribution in [1.29, 1.82) is 0 Å². The fourth-order valence-electron chi connectivity index (χ4n) is 2.73. The Hall–Kier alpha value is 0. The molecule has 16 heavy (non-hydrogen) atoms. The van der Waals surface area contributed by atoms with Crippen molar-refractivity contribution in [3.63, 3.8) is 0 Å². The van der Waals surface area contributed by atoms with Crippen LogP contribution in [0.15, 0.2) is 0 Å². The summed E-state index contributed by atoms with van der Waals surface area (Å²) in [6.07, 6.45) is 14.3. The minimum Gasteiger partial charge on any atom is -0.0654 e. The summed E-state index contributed by atoms with van der Waals surface area (Å²) in [6.45, 7) is 9.37. The lowest BCUT2D eigenvalue weighted by Gasteiger charge is -2.17. The smallest absolute Gasteiger partial charge is 0.0414 e. The van der Waals surface area contributed by atoms with E-state index >= 15 is 0 Å². The molecule has 0 aliphatic carbocycles. The van der Waals surface area contributed by atoms with Gasteiger partial charge < -0.3 is 0 Å².